The van der Waals surface area contributed by atoms with Crippen LogP contribution >= 0.6 is 0 Å². The molecule has 0 aromatic heterocycles. The van der Waals surface area contributed by atoms with E-state index >= 15 is 0 Å². The lowest BCUT2D eigenvalue weighted by atomic mass is 9.97. The van der Waals surface area contributed by atoms with Crippen molar-refractivity contribution in [3.8, 4) is 0 Å². The summed E-state index contributed by atoms with van der Waals surface area (Å²) in [5.41, 5.74) is 3.83. The van der Waals surface area contributed by atoms with Gasteiger partial charge in [-0.1, -0.05) is 24.6 Å². The lowest BCUT2D eigenvalue weighted by molar-refractivity contribution is 0.0943. The van der Waals surface area contributed by atoms with Crippen LogP contribution in [0.25, 0.3) is 0 Å². The molecular formula is C26H35N3O3. The van der Waals surface area contributed by atoms with Crippen LogP contribution in [0.3, 0.4) is 0 Å². The molecule has 1 aliphatic heterocycles. The highest BCUT2D eigenvalue weighted by atomic mass is 16.5. The second-order valence-corrected chi connectivity index (χ2v) is 8.53. The average Bonchev–Trinajstić information content (AvgIpc) is 2.80. The zero-order chi connectivity index (χ0) is 22.9. The molecule has 1 fully saturated rings. The molecule has 1 saturated heterocycles. The fraction of sp³-hybridized carbons (Fsp3) is 0.462. The van der Waals surface area contributed by atoms with Crippen molar-refractivity contribution in [2.45, 2.75) is 40.0 Å². The van der Waals surface area contributed by atoms with E-state index in [-0.39, 0.29) is 11.8 Å². The Labute approximate surface area is 191 Å². The lowest BCUT2D eigenvalue weighted by Gasteiger charge is -2.33. The van der Waals surface area contributed by atoms with Gasteiger partial charge in [0.25, 0.3) is 11.8 Å². The highest BCUT2D eigenvalue weighted by Crippen LogP contribution is 2.29. The molecule has 3 rings (SSSR count). The number of anilines is 2. The molecule has 2 N–H and O–H groups in total. The third-order valence-corrected chi connectivity index (χ3v) is 5.89. The summed E-state index contributed by atoms with van der Waals surface area (Å²) < 4.78 is 5.36. The predicted octanol–water partition coefficient (Wildman–Crippen LogP) is 4.64. The number of benzene rings is 2. The van der Waals surface area contributed by atoms with Gasteiger partial charge in [-0.15, -0.1) is 0 Å². The maximum atomic E-state index is 13.1. The van der Waals surface area contributed by atoms with Gasteiger partial charge in [-0.25, -0.2) is 0 Å². The van der Waals surface area contributed by atoms with Gasteiger partial charge in [0, 0.05) is 49.8 Å². The molecule has 0 saturated carbocycles. The van der Waals surface area contributed by atoms with Gasteiger partial charge in [-0.05, 0) is 69.4 Å². The number of rotatable bonds is 9. The van der Waals surface area contributed by atoms with Crippen LogP contribution in [-0.2, 0) is 4.74 Å². The predicted molar refractivity (Wildman–Crippen MR) is 130 cm³/mol. The van der Waals surface area contributed by atoms with Gasteiger partial charge in [0.2, 0.25) is 0 Å². The van der Waals surface area contributed by atoms with Crippen molar-refractivity contribution in [3.05, 3.63) is 59.2 Å². The first-order valence-electron chi connectivity index (χ1n) is 11.6. The van der Waals surface area contributed by atoms with E-state index in [0.29, 0.717) is 42.5 Å². The number of carbonyl (C=O) groups excluding carboxylic acids is 2. The molecule has 2 aromatic rings. The number of carbonyl (C=O) groups is 2. The summed E-state index contributed by atoms with van der Waals surface area (Å²) in [6, 6.07) is 13.1. The van der Waals surface area contributed by atoms with E-state index in [2.05, 4.69) is 22.5 Å². The first-order chi connectivity index (χ1) is 15.5. The molecule has 6 nitrogen and oxygen atoms in total. The summed E-state index contributed by atoms with van der Waals surface area (Å²) in [6.07, 6.45) is 2.99. The van der Waals surface area contributed by atoms with Crippen molar-refractivity contribution in [1.82, 2.24) is 5.32 Å². The van der Waals surface area contributed by atoms with Crippen molar-refractivity contribution in [3.63, 3.8) is 0 Å². The number of piperidine rings is 1. The Morgan fingerprint density at radius 1 is 1.06 bits per heavy atom. The molecule has 2 amide bonds. The van der Waals surface area contributed by atoms with Crippen LogP contribution in [0, 0.1) is 12.8 Å². The van der Waals surface area contributed by atoms with E-state index in [4.69, 9.17) is 4.74 Å². The van der Waals surface area contributed by atoms with Gasteiger partial charge in [0.15, 0.2) is 0 Å². The normalized spacial score (nSPS) is 14.3. The molecule has 0 unspecified atom stereocenters. The van der Waals surface area contributed by atoms with Gasteiger partial charge >= 0.3 is 0 Å². The third kappa shape index (κ3) is 6.57. The Bertz CT molecular complexity index is 903. The summed E-state index contributed by atoms with van der Waals surface area (Å²) >= 11 is 0. The average molecular weight is 438 g/mol. The van der Waals surface area contributed by atoms with Crippen molar-refractivity contribution < 1.29 is 14.3 Å². The van der Waals surface area contributed by atoms with Gasteiger partial charge in [-0.2, -0.15) is 0 Å². The van der Waals surface area contributed by atoms with Crippen LogP contribution in [0.5, 0.6) is 0 Å². The number of ether oxygens (including phenoxy) is 1. The minimum absolute atomic E-state index is 0.124. The molecule has 172 valence electrons. The Morgan fingerprint density at radius 2 is 1.78 bits per heavy atom. The summed E-state index contributed by atoms with van der Waals surface area (Å²) in [4.78, 5) is 28.0. The topological polar surface area (TPSA) is 70.7 Å². The first-order valence-corrected chi connectivity index (χ1v) is 11.6. The Hall–Kier alpha value is -2.86. The number of nitrogens with one attached hydrogen (secondary N) is 2. The maximum absolute atomic E-state index is 13.1. The van der Waals surface area contributed by atoms with E-state index in [1.807, 2.05) is 38.1 Å². The van der Waals surface area contributed by atoms with E-state index in [9.17, 15) is 9.59 Å². The Kier molecular flexibility index (Phi) is 8.68. The number of aryl methyl sites for hydroxylation is 1. The van der Waals surface area contributed by atoms with E-state index < -0.39 is 0 Å². The fourth-order valence-corrected chi connectivity index (χ4v) is 3.84. The smallest absolute Gasteiger partial charge is 0.255 e. The zero-order valence-corrected chi connectivity index (χ0v) is 19.4. The quantitative estimate of drug-likeness (QED) is 0.561. The zero-order valence-electron chi connectivity index (χ0n) is 19.4. The molecule has 32 heavy (non-hydrogen) atoms. The molecular weight excluding hydrogens is 402 g/mol. The summed E-state index contributed by atoms with van der Waals surface area (Å²) in [7, 11) is 0. The van der Waals surface area contributed by atoms with Crippen molar-refractivity contribution >= 4 is 23.2 Å². The van der Waals surface area contributed by atoms with Crippen LogP contribution in [0.15, 0.2) is 42.5 Å². The van der Waals surface area contributed by atoms with E-state index in [0.717, 1.165) is 43.6 Å². The third-order valence-electron chi connectivity index (χ3n) is 5.89. The van der Waals surface area contributed by atoms with Crippen molar-refractivity contribution in [2.75, 3.05) is 43.1 Å². The Balaban J connectivity index is 1.77. The second kappa shape index (κ2) is 11.7. The number of hydrogen-bond acceptors (Lipinski definition) is 4. The lowest BCUT2D eigenvalue weighted by Crippen LogP contribution is -2.35. The number of nitrogens with zero attached hydrogens (tertiary/aromatic N) is 1. The van der Waals surface area contributed by atoms with Crippen LogP contribution in [0.1, 0.15) is 59.4 Å². The van der Waals surface area contributed by atoms with Crippen LogP contribution < -0.4 is 15.5 Å². The molecule has 1 aliphatic rings. The second-order valence-electron chi connectivity index (χ2n) is 8.53. The molecule has 0 spiro atoms. The van der Waals surface area contributed by atoms with Crippen LogP contribution in [-0.4, -0.2) is 44.7 Å². The molecule has 0 aliphatic carbocycles. The SMILES string of the molecule is CCOCCCNC(=O)c1cc(NC(=O)c2ccc(C)cc2)ccc1N1CCC(C)CC1. The maximum Gasteiger partial charge on any atom is 0.255 e. The standard InChI is InChI=1S/C26H35N3O3/c1-4-32-17-5-14-27-26(31)23-18-22(28-25(30)21-8-6-19(2)7-9-21)10-11-24(23)29-15-12-20(3)13-16-29/h6-11,18,20H,4-5,12-17H2,1-3H3,(H,27,31)(H,28,30). The molecule has 0 atom stereocenters. The molecule has 1 heterocycles. The van der Waals surface area contributed by atoms with Crippen LogP contribution in [0.2, 0.25) is 0 Å². The highest BCUT2D eigenvalue weighted by Gasteiger charge is 2.22. The minimum atomic E-state index is -0.187. The summed E-state index contributed by atoms with van der Waals surface area (Å²) in [5.74, 6) is 0.393. The van der Waals surface area contributed by atoms with Gasteiger partial charge in [-0.3, -0.25) is 9.59 Å². The number of hydrogen-bond donors (Lipinski definition) is 2. The first kappa shape index (κ1) is 23.8. The van der Waals surface area contributed by atoms with Gasteiger partial charge < -0.3 is 20.3 Å². The highest BCUT2D eigenvalue weighted by molar-refractivity contribution is 6.06. The van der Waals surface area contributed by atoms with Crippen molar-refractivity contribution in [1.29, 1.82) is 0 Å². The monoisotopic (exact) mass is 437 g/mol. The van der Waals surface area contributed by atoms with Gasteiger partial charge in [0.1, 0.15) is 0 Å². The molecule has 6 heteroatoms. The van der Waals surface area contributed by atoms with Gasteiger partial charge in [0.05, 0.1) is 5.56 Å². The Morgan fingerprint density at radius 3 is 2.47 bits per heavy atom. The number of amides is 2. The van der Waals surface area contributed by atoms with E-state index in [1.165, 1.54) is 0 Å². The van der Waals surface area contributed by atoms with Crippen molar-refractivity contribution in [2.24, 2.45) is 5.92 Å². The summed E-state index contributed by atoms with van der Waals surface area (Å²) in [6.45, 7) is 9.93. The molecule has 0 bridgehead atoms. The molecule has 0 radical (unpaired) electrons. The minimum Gasteiger partial charge on any atom is -0.382 e. The molecule has 2 aromatic carbocycles. The van der Waals surface area contributed by atoms with Crippen LogP contribution in [0.4, 0.5) is 11.4 Å². The summed E-state index contributed by atoms with van der Waals surface area (Å²) in [5, 5.41) is 5.94. The fourth-order valence-electron chi connectivity index (χ4n) is 3.84. The largest absolute Gasteiger partial charge is 0.382 e. The van der Waals surface area contributed by atoms with E-state index in [1.54, 1.807) is 18.2 Å².